The summed E-state index contributed by atoms with van der Waals surface area (Å²) in [4.78, 5) is 0. The molecule has 0 saturated heterocycles. The Labute approximate surface area is 144 Å². The van der Waals surface area contributed by atoms with Gasteiger partial charge in [0.2, 0.25) is 0 Å². The first-order valence-electron chi connectivity index (χ1n) is 5.73. The highest BCUT2D eigenvalue weighted by atomic mass is 35.5. The van der Waals surface area contributed by atoms with Gasteiger partial charge in [-0.15, -0.1) is 0 Å². The van der Waals surface area contributed by atoms with E-state index in [2.05, 4.69) is 5.10 Å². The highest BCUT2D eigenvalue weighted by Gasteiger charge is 2.32. The maximum atomic E-state index is 12.7. The van der Waals surface area contributed by atoms with Crippen LogP contribution in [-0.4, -0.2) is 18.2 Å². The summed E-state index contributed by atoms with van der Waals surface area (Å²) in [5.41, 5.74) is 4.59. The van der Waals surface area contributed by atoms with Gasteiger partial charge in [-0.05, 0) is 12.1 Å². The fraction of sp³-hybridized carbons (Fsp3) is 0.182. The van der Waals surface area contributed by atoms with Crippen LogP contribution in [0, 0.1) is 0 Å². The van der Waals surface area contributed by atoms with Crippen molar-refractivity contribution in [2.75, 3.05) is 5.73 Å². The molecule has 1 aromatic carbocycles. The molecule has 2 aromatic rings. The summed E-state index contributed by atoms with van der Waals surface area (Å²) in [6.07, 6.45) is -4.63. The first-order chi connectivity index (χ1) is 10.5. The molecule has 0 saturated carbocycles. The number of aromatic nitrogens is 2. The minimum absolute atomic E-state index is 0.00908. The molecule has 0 radical (unpaired) electrons. The first kappa shape index (κ1) is 18.2. The van der Waals surface area contributed by atoms with Gasteiger partial charge < -0.3 is 5.73 Å². The average Bonchev–Trinajstić information content (AvgIpc) is 2.64. The highest BCUT2D eigenvalue weighted by Crippen LogP contribution is 2.39. The van der Waals surface area contributed by atoms with E-state index >= 15 is 0 Å². The van der Waals surface area contributed by atoms with Crippen molar-refractivity contribution in [3.05, 3.63) is 38.5 Å². The van der Waals surface area contributed by atoms with E-state index in [0.717, 1.165) is 4.68 Å². The quantitative estimate of drug-likeness (QED) is 0.762. The van der Waals surface area contributed by atoms with Gasteiger partial charge in [0.25, 0.3) is 0 Å². The molecule has 0 unspecified atom stereocenters. The summed E-state index contributed by atoms with van der Waals surface area (Å²) in [5.74, 6) is -0.659. The van der Waals surface area contributed by atoms with Crippen molar-refractivity contribution in [3.63, 3.8) is 0 Å². The standard InChI is InChI=1S/C11H7Cl3F3N3O2S/c12-6-1-4(11(15,16)17)2-7(13)8(6)20-10(18)5(3-23(21)22)9(14)19-20/h1-2,23H,3,18H2. The highest BCUT2D eigenvalue weighted by molar-refractivity contribution is 7.71. The van der Waals surface area contributed by atoms with Crippen molar-refractivity contribution in [2.45, 2.75) is 11.9 Å². The van der Waals surface area contributed by atoms with E-state index in [1.165, 1.54) is 0 Å². The monoisotopic (exact) mass is 407 g/mol. The van der Waals surface area contributed by atoms with Crippen LogP contribution in [0.4, 0.5) is 19.0 Å². The number of thiol groups is 1. The van der Waals surface area contributed by atoms with E-state index in [9.17, 15) is 21.6 Å². The lowest BCUT2D eigenvalue weighted by molar-refractivity contribution is -0.137. The van der Waals surface area contributed by atoms with Crippen LogP contribution in [0.5, 0.6) is 0 Å². The molecule has 0 bridgehead atoms. The number of nitrogen functional groups attached to an aromatic ring is 1. The number of anilines is 1. The molecular weight excluding hydrogens is 402 g/mol. The average molecular weight is 409 g/mol. The van der Waals surface area contributed by atoms with Gasteiger partial charge in [0, 0.05) is 5.56 Å². The van der Waals surface area contributed by atoms with Crippen LogP contribution >= 0.6 is 34.8 Å². The van der Waals surface area contributed by atoms with E-state index < -0.39 is 28.2 Å². The summed E-state index contributed by atoms with van der Waals surface area (Å²) < 4.78 is 60.7. The number of alkyl halides is 3. The minimum atomic E-state index is -4.63. The Morgan fingerprint density at radius 2 is 1.70 bits per heavy atom. The van der Waals surface area contributed by atoms with Crippen LogP contribution in [0.2, 0.25) is 15.2 Å². The number of nitrogens with zero attached hydrogens (tertiary/aromatic N) is 2. The molecule has 0 amide bonds. The van der Waals surface area contributed by atoms with Crippen LogP contribution in [0.3, 0.4) is 0 Å². The van der Waals surface area contributed by atoms with Crippen molar-refractivity contribution in [2.24, 2.45) is 0 Å². The Balaban J connectivity index is 2.64. The maximum Gasteiger partial charge on any atom is 0.416 e. The Morgan fingerprint density at radius 3 is 2.13 bits per heavy atom. The zero-order valence-electron chi connectivity index (χ0n) is 10.9. The number of benzene rings is 1. The van der Waals surface area contributed by atoms with E-state index in [0.29, 0.717) is 12.1 Å². The smallest absolute Gasteiger partial charge is 0.383 e. The number of hydrogen-bond donors (Lipinski definition) is 2. The third-order valence-corrected chi connectivity index (χ3v) is 4.27. The minimum Gasteiger partial charge on any atom is -0.383 e. The van der Waals surface area contributed by atoms with Crippen LogP contribution in [0.25, 0.3) is 5.69 Å². The Kier molecular flexibility index (Phi) is 5.05. The molecule has 1 heterocycles. The van der Waals surface area contributed by atoms with Crippen LogP contribution in [0.15, 0.2) is 12.1 Å². The van der Waals surface area contributed by atoms with Crippen molar-refractivity contribution in [1.82, 2.24) is 9.78 Å². The molecular formula is C11H7Cl3F3N3O2S. The molecule has 1 aromatic heterocycles. The Morgan fingerprint density at radius 1 is 1.17 bits per heavy atom. The van der Waals surface area contributed by atoms with Crippen LogP contribution in [-0.2, 0) is 22.6 Å². The maximum absolute atomic E-state index is 12.7. The lowest BCUT2D eigenvalue weighted by atomic mass is 10.2. The molecule has 0 aliphatic rings. The Hall–Kier alpha value is -1.16. The normalized spacial score (nSPS) is 12.1. The first-order valence-corrected chi connectivity index (χ1v) is 8.23. The molecule has 2 N–H and O–H groups in total. The second kappa shape index (κ2) is 6.39. The van der Waals surface area contributed by atoms with Crippen LogP contribution < -0.4 is 5.73 Å². The van der Waals surface area contributed by atoms with Crippen molar-refractivity contribution in [1.29, 1.82) is 0 Å². The van der Waals surface area contributed by atoms with Crippen LogP contribution in [0.1, 0.15) is 11.1 Å². The predicted molar refractivity (Wildman–Crippen MR) is 82.0 cm³/mol. The molecule has 12 heteroatoms. The van der Waals surface area contributed by atoms with Crippen molar-refractivity contribution in [3.8, 4) is 5.69 Å². The number of nitrogens with two attached hydrogens (primary N) is 1. The lowest BCUT2D eigenvalue weighted by Gasteiger charge is -2.13. The summed E-state index contributed by atoms with van der Waals surface area (Å²) in [6.45, 7) is 0. The van der Waals surface area contributed by atoms with Crippen molar-refractivity contribution >= 4 is 51.3 Å². The van der Waals surface area contributed by atoms with E-state index in [1.54, 1.807) is 0 Å². The van der Waals surface area contributed by atoms with E-state index in [-0.39, 0.29) is 32.3 Å². The lowest BCUT2D eigenvalue weighted by Crippen LogP contribution is -2.09. The van der Waals surface area contributed by atoms with Gasteiger partial charge in [-0.25, -0.2) is 13.1 Å². The molecule has 23 heavy (non-hydrogen) atoms. The zero-order valence-corrected chi connectivity index (χ0v) is 14.0. The molecule has 2 rings (SSSR count). The Bertz CT molecular complexity index is 818. The number of halogens is 6. The molecule has 0 spiro atoms. The van der Waals surface area contributed by atoms with Gasteiger partial charge in [0.05, 0.1) is 21.4 Å². The van der Waals surface area contributed by atoms with E-state index in [4.69, 9.17) is 40.5 Å². The third-order valence-electron chi connectivity index (χ3n) is 2.82. The number of hydrogen-bond acceptors (Lipinski definition) is 4. The topological polar surface area (TPSA) is 78.0 Å². The molecule has 126 valence electrons. The second-order valence-corrected chi connectivity index (χ2v) is 6.50. The summed E-state index contributed by atoms with van der Waals surface area (Å²) >= 11 is 17.5. The van der Waals surface area contributed by atoms with Gasteiger partial charge >= 0.3 is 6.18 Å². The number of rotatable bonds is 3. The molecule has 0 fully saturated rings. The van der Waals surface area contributed by atoms with Gasteiger partial charge in [0.1, 0.15) is 22.2 Å². The largest absolute Gasteiger partial charge is 0.416 e. The van der Waals surface area contributed by atoms with Gasteiger partial charge in [-0.3, -0.25) is 0 Å². The van der Waals surface area contributed by atoms with Gasteiger partial charge in [-0.1, -0.05) is 34.8 Å². The summed E-state index contributed by atoms with van der Waals surface area (Å²) in [5, 5.41) is 2.84. The second-order valence-electron chi connectivity index (χ2n) is 4.34. The van der Waals surface area contributed by atoms with Gasteiger partial charge in [-0.2, -0.15) is 18.3 Å². The third kappa shape index (κ3) is 3.68. The van der Waals surface area contributed by atoms with Gasteiger partial charge in [0.15, 0.2) is 5.15 Å². The summed E-state index contributed by atoms with van der Waals surface area (Å²) in [7, 11) is -2.83. The summed E-state index contributed by atoms with van der Waals surface area (Å²) in [6, 6.07) is 1.32. The SMILES string of the molecule is Nc1c(C[SH](=O)=O)c(Cl)nn1-c1c(Cl)cc(C(F)(F)F)cc1Cl. The van der Waals surface area contributed by atoms with E-state index in [1.807, 2.05) is 0 Å². The fourth-order valence-electron chi connectivity index (χ4n) is 1.81. The molecule has 0 aliphatic carbocycles. The van der Waals surface area contributed by atoms with Crippen molar-refractivity contribution < 1.29 is 21.6 Å². The predicted octanol–water partition coefficient (Wildman–Crippen LogP) is 3.54. The zero-order chi connectivity index (χ0) is 17.5. The molecule has 5 nitrogen and oxygen atoms in total. The molecule has 0 atom stereocenters. The fourth-order valence-corrected chi connectivity index (χ4v) is 3.36. The molecule has 0 aliphatic heterocycles.